The van der Waals surface area contributed by atoms with Crippen LogP contribution >= 0.6 is 0 Å². The number of carbonyl (C=O) groups is 1. The summed E-state index contributed by atoms with van der Waals surface area (Å²) in [6, 6.07) is 11.7. The summed E-state index contributed by atoms with van der Waals surface area (Å²) in [5, 5.41) is 3.44. The molecule has 0 saturated carbocycles. The van der Waals surface area contributed by atoms with Gasteiger partial charge in [-0.3, -0.25) is 9.69 Å². The van der Waals surface area contributed by atoms with E-state index in [1.807, 2.05) is 42.6 Å². The molecule has 3 aliphatic rings. The van der Waals surface area contributed by atoms with Gasteiger partial charge in [-0.25, -0.2) is 4.98 Å². The van der Waals surface area contributed by atoms with Gasteiger partial charge in [0, 0.05) is 42.4 Å². The van der Waals surface area contributed by atoms with Gasteiger partial charge in [-0.1, -0.05) is 24.6 Å². The average molecular weight is 448 g/mol. The summed E-state index contributed by atoms with van der Waals surface area (Å²) in [5.41, 5.74) is 2.81. The number of piperidine rings is 2. The molecule has 7 nitrogen and oxygen atoms in total. The van der Waals surface area contributed by atoms with E-state index in [2.05, 4.69) is 25.1 Å². The zero-order valence-electron chi connectivity index (χ0n) is 19.2. The highest BCUT2D eigenvalue weighted by atomic mass is 16.5. The van der Waals surface area contributed by atoms with Crippen LogP contribution in [0.3, 0.4) is 0 Å². The van der Waals surface area contributed by atoms with Crippen LogP contribution in [0.25, 0.3) is 0 Å². The summed E-state index contributed by atoms with van der Waals surface area (Å²) in [4.78, 5) is 26.8. The number of amidine groups is 1. The average Bonchev–Trinajstić information content (AvgIpc) is 3.23. The van der Waals surface area contributed by atoms with E-state index in [4.69, 9.17) is 4.74 Å². The van der Waals surface area contributed by atoms with Crippen LogP contribution in [0.1, 0.15) is 48.0 Å². The number of benzene rings is 1. The van der Waals surface area contributed by atoms with Crippen LogP contribution in [0, 0.1) is 0 Å². The first kappa shape index (κ1) is 22.0. The Hall–Kier alpha value is -2.77. The summed E-state index contributed by atoms with van der Waals surface area (Å²) >= 11 is 0. The number of fused-ring (bicyclic) bond motifs is 1. The number of nitrogens with zero attached hydrogens (tertiary/aromatic N) is 4. The van der Waals surface area contributed by atoms with Crippen molar-refractivity contribution in [1.29, 1.82) is 0 Å². The standard InChI is InChI=1S/C26H33N5O2/c32-26(20-7-3-1-4-8-20)29-24-17-21-19-28-25(33-16-15-30-13-5-2-6-14-30)18-23(21)31(24)22-9-11-27-12-10-22/h1,3-4,7-8,18-19,22,27H,2,5-6,9-17H2. The number of hydrogen-bond acceptors (Lipinski definition) is 5. The summed E-state index contributed by atoms with van der Waals surface area (Å²) in [6.07, 6.45) is 8.47. The maximum absolute atomic E-state index is 12.9. The van der Waals surface area contributed by atoms with E-state index in [9.17, 15) is 4.79 Å². The lowest BCUT2D eigenvalue weighted by molar-refractivity contribution is 0.100. The smallest absolute Gasteiger partial charge is 0.278 e. The molecule has 0 aliphatic carbocycles. The first-order chi connectivity index (χ1) is 16.3. The second-order valence-corrected chi connectivity index (χ2v) is 9.13. The molecule has 174 valence electrons. The number of rotatable bonds is 6. The highest BCUT2D eigenvalue weighted by molar-refractivity contribution is 6.12. The monoisotopic (exact) mass is 447 g/mol. The van der Waals surface area contributed by atoms with Crippen molar-refractivity contribution < 1.29 is 9.53 Å². The number of pyridine rings is 1. The summed E-state index contributed by atoms with van der Waals surface area (Å²) < 4.78 is 6.06. The lowest BCUT2D eigenvalue weighted by Gasteiger charge is -2.33. The number of carbonyl (C=O) groups excluding carboxylic acids is 1. The van der Waals surface area contributed by atoms with Gasteiger partial charge in [0.05, 0.1) is 5.69 Å². The fourth-order valence-corrected chi connectivity index (χ4v) is 5.08. The summed E-state index contributed by atoms with van der Waals surface area (Å²) in [6.45, 7) is 5.86. The third kappa shape index (κ3) is 5.25. The van der Waals surface area contributed by atoms with E-state index in [1.165, 1.54) is 32.4 Å². The Morgan fingerprint density at radius 1 is 1.12 bits per heavy atom. The molecule has 1 aromatic heterocycles. The van der Waals surface area contributed by atoms with Crippen molar-refractivity contribution in [2.45, 2.75) is 44.6 Å². The Labute approximate surface area is 195 Å². The van der Waals surface area contributed by atoms with Crippen molar-refractivity contribution in [3.8, 4) is 5.88 Å². The topological polar surface area (TPSA) is 70.1 Å². The predicted molar refractivity (Wildman–Crippen MR) is 130 cm³/mol. The molecule has 2 aromatic rings. The molecule has 4 heterocycles. The van der Waals surface area contributed by atoms with Crippen molar-refractivity contribution in [3.05, 3.63) is 53.7 Å². The van der Waals surface area contributed by atoms with Crippen molar-refractivity contribution in [1.82, 2.24) is 15.2 Å². The lowest BCUT2D eigenvalue weighted by atomic mass is 10.0. The van der Waals surface area contributed by atoms with E-state index in [-0.39, 0.29) is 5.91 Å². The Bertz CT molecular complexity index is 981. The first-order valence-corrected chi connectivity index (χ1v) is 12.3. The van der Waals surface area contributed by atoms with Gasteiger partial charge in [-0.05, 0) is 64.0 Å². The molecule has 7 heteroatoms. The minimum atomic E-state index is -0.191. The Balaban J connectivity index is 1.34. The first-order valence-electron chi connectivity index (χ1n) is 12.3. The van der Waals surface area contributed by atoms with Gasteiger partial charge in [-0.15, -0.1) is 0 Å². The van der Waals surface area contributed by atoms with E-state index in [1.54, 1.807) is 0 Å². The Kier molecular flexibility index (Phi) is 6.98. The van der Waals surface area contributed by atoms with E-state index in [0.717, 1.165) is 49.6 Å². The van der Waals surface area contributed by atoms with Crippen LogP contribution in [0.15, 0.2) is 47.6 Å². The van der Waals surface area contributed by atoms with E-state index in [0.29, 0.717) is 30.5 Å². The maximum Gasteiger partial charge on any atom is 0.278 e. The minimum Gasteiger partial charge on any atom is -0.476 e. The fraction of sp³-hybridized carbons (Fsp3) is 0.500. The number of aliphatic imine (C=N–C) groups is 1. The second kappa shape index (κ2) is 10.4. The Morgan fingerprint density at radius 3 is 2.70 bits per heavy atom. The van der Waals surface area contributed by atoms with Crippen LogP contribution < -0.4 is 15.0 Å². The van der Waals surface area contributed by atoms with Crippen LogP contribution in [-0.2, 0) is 6.42 Å². The van der Waals surface area contributed by atoms with Crippen LogP contribution in [0.4, 0.5) is 5.69 Å². The largest absolute Gasteiger partial charge is 0.476 e. The number of hydrogen-bond donors (Lipinski definition) is 1. The molecule has 2 fully saturated rings. The van der Waals surface area contributed by atoms with Gasteiger partial charge in [0.2, 0.25) is 5.88 Å². The van der Waals surface area contributed by atoms with Gasteiger partial charge in [0.15, 0.2) is 0 Å². The fourth-order valence-electron chi connectivity index (χ4n) is 5.08. The van der Waals surface area contributed by atoms with Gasteiger partial charge < -0.3 is 15.0 Å². The van der Waals surface area contributed by atoms with Crippen LogP contribution in [0.5, 0.6) is 5.88 Å². The van der Waals surface area contributed by atoms with Crippen molar-refractivity contribution in [2.24, 2.45) is 4.99 Å². The van der Waals surface area contributed by atoms with Gasteiger partial charge in [0.1, 0.15) is 12.4 Å². The van der Waals surface area contributed by atoms with Gasteiger partial charge >= 0.3 is 0 Å². The molecule has 0 atom stereocenters. The normalized spacial score (nSPS) is 20.7. The van der Waals surface area contributed by atoms with Gasteiger partial charge in [0.25, 0.3) is 5.91 Å². The van der Waals surface area contributed by atoms with E-state index < -0.39 is 0 Å². The quantitative estimate of drug-likeness (QED) is 0.733. The molecule has 33 heavy (non-hydrogen) atoms. The number of aromatic nitrogens is 1. The maximum atomic E-state index is 12.9. The third-order valence-electron chi connectivity index (χ3n) is 6.85. The number of ether oxygens (including phenoxy) is 1. The molecule has 1 N–H and O–H groups in total. The minimum absolute atomic E-state index is 0.191. The van der Waals surface area contributed by atoms with Gasteiger partial charge in [-0.2, -0.15) is 4.99 Å². The molecule has 3 aliphatic heterocycles. The predicted octanol–water partition coefficient (Wildman–Crippen LogP) is 3.30. The van der Waals surface area contributed by atoms with Crippen molar-refractivity contribution in [3.63, 3.8) is 0 Å². The molecule has 1 aromatic carbocycles. The number of amides is 1. The molecular formula is C26H33N5O2. The molecular weight excluding hydrogens is 414 g/mol. The molecule has 0 unspecified atom stereocenters. The summed E-state index contributed by atoms with van der Waals surface area (Å²) in [7, 11) is 0. The molecule has 1 amide bonds. The van der Waals surface area contributed by atoms with E-state index >= 15 is 0 Å². The molecule has 2 saturated heterocycles. The zero-order valence-corrected chi connectivity index (χ0v) is 19.2. The van der Waals surface area contributed by atoms with Crippen molar-refractivity contribution >= 4 is 17.4 Å². The number of anilines is 1. The summed E-state index contributed by atoms with van der Waals surface area (Å²) in [5.74, 6) is 1.28. The highest BCUT2D eigenvalue weighted by Gasteiger charge is 2.33. The zero-order chi connectivity index (χ0) is 22.5. The Morgan fingerprint density at radius 2 is 1.91 bits per heavy atom. The third-order valence-corrected chi connectivity index (χ3v) is 6.85. The second-order valence-electron chi connectivity index (χ2n) is 9.13. The highest BCUT2D eigenvalue weighted by Crippen LogP contribution is 2.35. The number of likely N-dealkylation sites (tertiary alicyclic amines) is 1. The van der Waals surface area contributed by atoms with Crippen molar-refractivity contribution in [2.75, 3.05) is 44.2 Å². The SMILES string of the molecule is O=C(N=C1Cc2cnc(OCCN3CCCCC3)cc2N1C1CCNCC1)c1ccccc1. The van der Waals surface area contributed by atoms with Crippen LogP contribution in [-0.4, -0.2) is 67.0 Å². The molecule has 5 rings (SSSR count). The lowest BCUT2D eigenvalue weighted by Crippen LogP contribution is -2.45. The molecule has 0 radical (unpaired) electrons. The number of nitrogens with one attached hydrogen (secondary N) is 1. The molecule has 0 spiro atoms. The van der Waals surface area contributed by atoms with Crippen LogP contribution in [0.2, 0.25) is 0 Å². The molecule has 0 bridgehead atoms.